The SMILES string of the molecule is Cc1ccc(F)cc1-n1cc(CCCl)nn1. The number of halogens is 2. The zero-order valence-corrected chi connectivity index (χ0v) is 9.58. The summed E-state index contributed by atoms with van der Waals surface area (Å²) in [7, 11) is 0. The van der Waals surface area contributed by atoms with Crippen LogP contribution in [0.1, 0.15) is 11.3 Å². The van der Waals surface area contributed by atoms with E-state index in [1.165, 1.54) is 12.1 Å². The average Bonchev–Trinajstić information content (AvgIpc) is 2.71. The second-order valence-corrected chi connectivity index (χ2v) is 3.90. The fraction of sp³-hybridized carbons (Fsp3) is 0.273. The Morgan fingerprint density at radius 1 is 1.44 bits per heavy atom. The largest absolute Gasteiger partial charge is 0.220 e. The molecule has 16 heavy (non-hydrogen) atoms. The number of hydrogen-bond donors (Lipinski definition) is 0. The Hall–Kier alpha value is -1.42. The smallest absolute Gasteiger partial charge is 0.125 e. The highest BCUT2D eigenvalue weighted by atomic mass is 35.5. The molecule has 0 aliphatic rings. The number of hydrogen-bond acceptors (Lipinski definition) is 2. The molecule has 0 saturated heterocycles. The van der Waals surface area contributed by atoms with Gasteiger partial charge in [0.2, 0.25) is 0 Å². The van der Waals surface area contributed by atoms with Crippen LogP contribution in [-0.2, 0) is 6.42 Å². The number of rotatable bonds is 3. The van der Waals surface area contributed by atoms with Crippen molar-refractivity contribution < 1.29 is 4.39 Å². The van der Waals surface area contributed by atoms with Crippen LogP contribution in [0.4, 0.5) is 4.39 Å². The third kappa shape index (κ3) is 2.22. The van der Waals surface area contributed by atoms with E-state index in [1.54, 1.807) is 16.9 Å². The highest BCUT2D eigenvalue weighted by Crippen LogP contribution is 2.14. The van der Waals surface area contributed by atoms with Gasteiger partial charge >= 0.3 is 0 Å². The summed E-state index contributed by atoms with van der Waals surface area (Å²) in [6, 6.07) is 4.58. The Morgan fingerprint density at radius 3 is 3.00 bits per heavy atom. The van der Waals surface area contributed by atoms with Crippen LogP contribution in [0.25, 0.3) is 5.69 Å². The molecule has 0 spiro atoms. The lowest BCUT2D eigenvalue weighted by Gasteiger charge is -2.04. The van der Waals surface area contributed by atoms with Crippen molar-refractivity contribution in [2.75, 3.05) is 5.88 Å². The average molecular weight is 240 g/mol. The van der Waals surface area contributed by atoms with E-state index in [-0.39, 0.29) is 5.82 Å². The Balaban J connectivity index is 2.38. The van der Waals surface area contributed by atoms with Crippen molar-refractivity contribution in [2.24, 2.45) is 0 Å². The van der Waals surface area contributed by atoms with Gasteiger partial charge in [0.15, 0.2) is 0 Å². The molecule has 1 heterocycles. The van der Waals surface area contributed by atoms with Crippen LogP contribution in [-0.4, -0.2) is 20.9 Å². The summed E-state index contributed by atoms with van der Waals surface area (Å²) in [5.41, 5.74) is 2.45. The van der Waals surface area contributed by atoms with Gasteiger partial charge in [0.25, 0.3) is 0 Å². The van der Waals surface area contributed by atoms with Crippen molar-refractivity contribution in [1.82, 2.24) is 15.0 Å². The maximum atomic E-state index is 13.1. The van der Waals surface area contributed by atoms with E-state index in [9.17, 15) is 4.39 Å². The summed E-state index contributed by atoms with van der Waals surface area (Å²) in [6.45, 7) is 1.90. The standard InChI is InChI=1S/C11H11ClFN3/c1-8-2-3-9(13)6-11(8)16-7-10(4-5-12)14-15-16/h2-3,6-7H,4-5H2,1H3. The predicted molar refractivity (Wildman–Crippen MR) is 60.5 cm³/mol. The minimum absolute atomic E-state index is 0.282. The quantitative estimate of drug-likeness (QED) is 0.771. The molecule has 0 atom stereocenters. The van der Waals surface area contributed by atoms with E-state index in [2.05, 4.69) is 10.3 Å². The summed E-state index contributed by atoms with van der Waals surface area (Å²) in [4.78, 5) is 0. The Kier molecular flexibility index (Phi) is 3.19. The first-order chi connectivity index (χ1) is 7.70. The number of benzene rings is 1. The first-order valence-corrected chi connectivity index (χ1v) is 5.48. The maximum absolute atomic E-state index is 13.1. The molecule has 0 fully saturated rings. The summed E-state index contributed by atoms with van der Waals surface area (Å²) in [6.07, 6.45) is 2.43. The lowest BCUT2D eigenvalue weighted by atomic mass is 10.2. The Bertz CT molecular complexity index is 496. The zero-order chi connectivity index (χ0) is 11.5. The van der Waals surface area contributed by atoms with Gasteiger partial charge in [-0.15, -0.1) is 16.7 Å². The third-order valence-corrected chi connectivity index (χ3v) is 2.50. The number of nitrogens with zero attached hydrogens (tertiary/aromatic N) is 3. The molecule has 2 rings (SSSR count). The van der Waals surface area contributed by atoms with Gasteiger partial charge in [-0.25, -0.2) is 9.07 Å². The summed E-state index contributed by atoms with van der Waals surface area (Å²) < 4.78 is 14.7. The van der Waals surface area contributed by atoms with E-state index in [0.29, 0.717) is 18.0 Å². The minimum Gasteiger partial charge on any atom is -0.220 e. The van der Waals surface area contributed by atoms with Gasteiger partial charge in [0.1, 0.15) is 5.82 Å². The predicted octanol–water partition coefficient (Wildman–Crippen LogP) is 2.50. The van der Waals surface area contributed by atoms with Gasteiger partial charge in [-0.05, 0) is 24.6 Å². The highest BCUT2D eigenvalue weighted by Gasteiger charge is 2.06. The number of aryl methyl sites for hydroxylation is 2. The topological polar surface area (TPSA) is 30.7 Å². The molecule has 0 aliphatic heterocycles. The van der Waals surface area contributed by atoms with Crippen LogP contribution in [0, 0.1) is 12.7 Å². The van der Waals surface area contributed by atoms with Crippen molar-refractivity contribution in [3.63, 3.8) is 0 Å². The zero-order valence-electron chi connectivity index (χ0n) is 8.82. The lowest BCUT2D eigenvalue weighted by Crippen LogP contribution is -1.98. The van der Waals surface area contributed by atoms with Gasteiger partial charge in [-0.1, -0.05) is 11.3 Å². The van der Waals surface area contributed by atoms with Gasteiger partial charge in [-0.2, -0.15) is 0 Å². The van der Waals surface area contributed by atoms with Gasteiger partial charge in [0, 0.05) is 12.3 Å². The normalized spacial score (nSPS) is 10.7. The second kappa shape index (κ2) is 4.61. The summed E-state index contributed by atoms with van der Waals surface area (Å²) >= 11 is 5.61. The molecule has 0 aliphatic carbocycles. The molecule has 0 unspecified atom stereocenters. The molecule has 2 aromatic rings. The van der Waals surface area contributed by atoms with Crippen molar-refractivity contribution in [3.05, 3.63) is 41.5 Å². The van der Waals surface area contributed by atoms with Crippen LogP contribution >= 0.6 is 11.6 Å². The fourth-order valence-corrected chi connectivity index (χ4v) is 1.65. The number of aromatic nitrogens is 3. The van der Waals surface area contributed by atoms with Crippen molar-refractivity contribution >= 4 is 11.6 Å². The molecule has 0 saturated carbocycles. The van der Waals surface area contributed by atoms with Gasteiger partial charge in [0.05, 0.1) is 17.6 Å². The fourth-order valence-electron chi connectivity index (χ4n) is 1.46. The molecular weight excluding hydrogens is 229 g/mol. The lowest BCUT2D eigenvalue weighted by molar-refractivity contribution is 0.624. The van der Waals surface area contributed by atoms with Crippen LogP contribution in [0.3, 0.4) is 0 Å². The molecular formula is C11H11ClFN3. The Morgan fingerprint density at radius 2 is 2.25 bits per heavy atom. The number of alkyl halides is 1. The van der Waals surface area contributed by atoms with Crippen LogP contribution in [0.2, 0.25) is 0 Å². The summed E-state index contributed by atoms with van der Waals surface area (Å²) in [5, 5.41) is 7.91. The minimum atomic E-state index is -0.282. The van der Waals surface area contributed by atoms with Crippen molar-refractivity contribution in [3.8, 4) is 5.69 Å². The molecule has 5 heteroatoms. The second-order valence-electron chi connectivity index (χ2n) is 3.52. The molecule has 0 amide bonds. The van der Waals surface area contributed by atoms with E-state index in [0.717, 1.165) is 11.3 Å². The van der Waals surface area contributed by atoms with E-state index >= 15 is 0 Å². The van der Waals surface area contributed by atoms with Crippen molar-refractivity contribution in [1.29, 1.82) is 0 Å². The molecule has 1 aromatic carbocycles. The maximum Gasteiger partial charge on any atom is 0.125 e. The van der Waals surface area contributed by atoms with E-state index in [4.69, 9.17) is 11.6 Å². The molecule has 0 N–H and O–H groups in total. The van der Waals surface area contributed by atoms with E-state index < -0.39 is 0 Å². The molecule has 0 radical (unpaired) electrons. The van der Waals surface area contributed by atoms with Gasteiger partial charge in [-0.3, -0.25) is 0 Å². The van der Waals surface area contributed by atoms with Crippen LogP contribution < -0.4 is 0 Å². The first kappa shape index (κ1) is 11.1. The monoisotopic (exact) mass is 239 g/mol. The van der Waals surface area contributed by atoms with Crippen molar-refractivity contribution in [2.45, 2.75) is 13.3 Å². The summed E-state index contributed by atoms with van der Waals surface area (Å²) in [5.74, 6) is 0.218. The first-order valence-electron chi connectivity index (χ1n) is 4.94. The molecule has 0 bridgehead atoms. The highest BCUT2D eigenvalue weighted by molar-refractivity contribution is 6.17. The molecule has 3 nitrogen and oxygen atoms in total. The third-order valence-electron chi connectivity index (χ3n) is 2.31. The molecule has 84 valence electrons. The van der Waals surface area contributed by atoms with Crippen LogP contribution in [0.5, 0.6) is 0 Å². The van der Waals surface area contributed by atoms with E-state index in [1.807, 2.05) is 6.92 Å². The van der Waals surface area contributed by atoms with Crippen LogP contribution in [0.15, 0.2) is 24.4 Å². The molecule has 1 aromatic heterocycles. The van der Waals surface area contributed by atoms with Gasteiger partial charge < -0.3 is 0 Å². The Labute approximate surface area is 97.8 Å².